The molecule has 0 spiro atoms. The van der Waals surface area contributed by atoms with Crippen LogP contribution >= 0.6 is 0 Å². The van der Waals surface area contributed by atoms with Crippen molar-refractivity contribution in [3.05, 3.63) is 30.3 Å². The van der Waals surface area contributed by atoms with E-state index >= 15 is 0 Å². The molecule has 0 aliphatic carbocycles. The van der Waals surface area contributed by atoms with Gasteiger partial charge in [-0.3, -0.25) is 4.21 Å². The van der Waals surface area contributed by atoms with E-state index in [1.54, 1.807) is 26.5 Å². The lowest BCUT2D eigenvalue weighted by molar-refractivity contribution is 0.401. The Labute approximate surface area is 103 Å². The first kappa shape index (κ1) is 11.9. The highest BCUT2D eigenvalue weighted by Gasteiger charge is 2.15. The number of benzene rings is 2. The van der Waals surface area contributed by atoms with Crippen LogP contribution in [0.25, 0.3) is 10.8 Å². The summed E-state index contributed by atoms with van der Waals surface area (Å²) in [7, 11) is 2.08. The van der Waals surface area contributed by atoms with Crippen molar-refractivity contribution in [3.8, 4) is 11.5 Å². The van der Waals surface area contributed by atoms with E-state index in [2.05, 4.69) is 0 Å². The zero-order valence-electron chi connectivity index (χ0n) is 10.0. The third kappa shape index (κ3) is 2.00. The molecule has 1 atom stereocenters. The van der Waals surface area contributed by atoms with Crippen LogP contribution in [0.15, 0.2) is 35.2 Å². The number of methoxy groups -OCH3 is 2. The molecular formula is C13H14O3S. The van der Waals surface area contributed by atoms with Gasteiger partial charge in [0.2, 0.25) is 0 Å². The summed E-state index contributed by atoms with van der Waals surface area (Å²) in [6.07, 6.45) is 1.63. The quantitative estimate of drug-likeness (QED) is 0.840. The average molecular weight is 250 g/mol. The normalized spacial score (nSPS) is 12.4. The van der Waals surface area contributed by atoms with Crippen LogP contribution in [-0.2, 0) is 10.8 Å². The number of rotatable bonds is 3. The predicted octanol–water partition coefficient (Wildman–Crippen LogP) is 2.59. The van der Waals surface area contributed by atoms with Gasteiger partial charge in [0, 0.05) is 23.1 Å². The molecule has 0 saturated heterocycles. The number of ether oxygens (including phenoxy) is 2. The second kappa shape index (κ2) is 4.75. The molecule has 0 aromatic heterocycles. The molecule has 3 nitrogen and oxygen atoms in total. The molecule has 0 N–H and O–H groups in total. The minimum absolute atomic E-state index is 0.655. The van der Waals surface area contributed by atoms with Crippen molar-refractivity contribution in [2.24, 2.45) is 0 Å². The van der Waals surface area contributed by atoms with Crippen LogP contribution in [0, 0.1) is 0 Å². The molecule has 0 aliphatic heterocycles. The van der Waals surface area contributed by atoms with Gasteiger partial charge in [-0.25, -0.2) is 0 Å². The van der Waals surface area contributed by atoms with Gasteiger partial charge in [-0.1, -0.05) is 24.3 Å². The second-order valence-corrected chi connectivity index (χ2v) is 4.96. The summed E-state index contributed by atoms with van der Waals surface area (Å²) in [5.74, 6) is 1.37. The molecule has 4 heteroatoms. The maximum atomic E-state index is 11.7. The molecule has 0 unspecified atom stereocenters. The van der Waals surface area contributed by atoms with Crippen molar-refractivity contribution in [1.82, 2.24) is 0 Å². The first-order valence-corrected chi connectivity index (χ1v) is 6.72. The fraction of sp³-hybridized carbons (Fsp3) is 0.231. The minimum Gasteiger partial charge on any atom is -0.496 e. The van der Waals surface area contributed by atoms with E-state index in [9.17, 15) is 4.21 Å². The first-order valence-electron chi connectivity index (χ1n) is 5.16. The van der Waals surface area contributed by atoms with Crippen molar-refractivity contribution in [2.75, 3.05) is 20.5 Å². The summed E-state index contributed by atoms with van der Waals surface area (Å²) in [4.78, 5) is 0.656. The molecule has 0 heterocycles. The van der Waals surface area contributed by atoms with Gasteiger partial charge in [0.05, 0.1) is 29.9 Å². The highest BCUT2D eigenvalue weighted by Crippen LogP contribution is 2.37. The van der Waals surface area contributed by atoms with Gasteiger partial charge >= 0.3 is 0 Å². The van der Waals surface area contributed by atoms with Gasteiger partial charge in [0.25, 0.3) is 0 Å². The smallest absolute Gasteiger partial charge is 0.143 e. The van der Waals surface area contributed by atoms with Crippen LogP contribution in [0.3, 0.4) is 0 Å². The van der Waals surface area contributed by atoms with E-state index in [1.807, 2.05) is 24.3 Å². The molecule has 2 aromatic rings. The number of hydrogen-bond donors (Lipinski definition) is 0. The highest BCUT2D eigenvalue weighted by molar-refractivity contribution is 7.84. The molecule has 90 valence electrons. The summed E-state index contributed by atoms with van der Waals surface area (Å²) in [6, 6.07) is 9.53. The zero-order valence-corrected chi connectivity index (χ0v) is 10.8. The Morgan fingerprint density at radius 2 is 1.71 bits per heavy atom. The standard InChI is InChI=1S/C13H14O3S/c1-15-11-8-12(17(3)14)13(16-2)10-7-5-4-6-9(10)11/h4-8H,1-3H3/t17-/m0/s1. The van der Waals surface area contributed by atoms with Crippen LogP contribution in [0.1, 0.15) is 0 Å². The maximum Gasteiger partial charge on any atom is 0.143 e. The fourth-order valence-corrected chi connectivity index (χ4v) is 2.61. The van der Waals surface area contributed by atoms with Crippen LogP contribution < -0.4 is 9.47 Å². The second-order valence-electron chi connectivity index (χ2n) is 3.61. The third-order valence-corrected chi connectivity index (χ3v) is 3.58. The summed E-state index contributed by atoms with van der Waals surface area (Å²) < 4.78 is 22.4. The molecule has 0 saturated carbocycles. The van der Waals surface area contributed by atoms with Crippen LogP contribution in [0.5, 0.6) is 11.5 Å². The Kier molecular flexibility index (Phi) is 3.33. The SMILES string of the molecule is COc1cc([S@](C)=O)c(OC)c2ccccc12. The molecule has 0 amide bonds. The fourth-order valence-electron chi connectivity index (χ4n) is 1.88. The minimum atomic E-state index is -1.11. The van der Waals surface area contributed by atoms with Crippen LogP contribution in [0.4, 0.5) is 0 Å². The van der Waals surface area contributed by atoms with Crippen molar-refractivity contribution < 1.29 is 13.7 Å². The Morgan fingerprint density at radius 1 is 1.06 bits per heavy atom. The number of fused-ring (bicyclic) bond motifs is 1. The van der Waals surface area contributed by atoms with E-state index in [-0.39, 0.29) is 0 Å². The molecule has 0 aliphatic rings. The Bertz CT molecular complexity index is 578. The topological polar surface area (TPSA) is 35.5 Å². The highest BCUT2D eigenvalue weighted by atomic mass is 32.2. The van der Waals surface area contributed by atoms with Gasteiger partial charge in [-0.15, -0.1) is 0 Å². The first-order chi connectivity index (χ1) is 8.19. The molecule has 0 radical (unpaired) electrons. The van der Waals surface area contributed by atoms with Crippen molar-refractivity contribution in [2.45, 2.75) is 4.90 Å². The molecule has 2 aromatic carbocycles. The summed E-state index contributed by atoms with van der Waals surface area (Å²) in [5, 5.41) is 1.88. The molecular weight excluding hydrogens is 236 g/mol. The van der Waals surface area contributed by atoms with E-state index < -0.39 is 10.8 Å². The molecule has 17 heavy (non-hydrogen) atoms. The lowest BCUT2D eigenvalue weighted by Gasteiger charge is -2.13. The van der Waals surface area contributed by atoms with Crippen molar-refractivity contribution in [1.29, 1.82) is 0 Å². The van der Waals surface area contributed by atoms with Gasteiger partial charge < -0.3 is 9.47 Å². The molecule has 2 rings (SSSR count). The predicted molar refractivity (Wildman–Crippen MR) is 69.4 cm³/mol. The van der Waals surface area contributed by atoms with E-state index in [4.69, 9.17) is 9.47 Å². The van der Waals surface area contributed by atoms with Crippen molar-refractivity contribution >= 4 is 21.6 Å². The summed E-state index contributed by atoms with van der Waals surface area (Å²) >= 11 is 0. The number of hydrogen-bond acceptors (Lipinski definition) is 3. The Balaban J connectivity index is 2.89. The Morgan fingerprint density at radius 3 is 2.24 bits per heavy atom. The van der Waals surface area contributed by atoms with Crippen LogP contribution in [-0.4, -0.2) is 24.7 Å². The summed E-state index contributed by atoms with van der Waals surface area (Å²) in [5.41, 5.74) is 0. The van der Waals surface area contributed by atoms with Crippen LogP contribution in [0.2, 0.25) is 0 Å². The van der Waals surface area contributed by atoms with Gasteiger partial charge in [-0.05, 0) is 0 Å². The van der Waals surface area contributed by atoms with E-state index in [0.717, 1.165) is 10.8 Å². The van der Waals surface area contributed by atoms with Crippen molar-refractivity contribution in [3.63, 3.8) is 0 Å². The average Bonchev–Trinajstić information content (AvgIpc) is 2.36. The summed E-state index contributed by atoms with van der Waals surface area (Å²) in [6.45, 7) is 0. The van der Waals surface area contributed by atoms with Gasteiger partial charge in [-0.2, -0.15) is 0 Å². The van der Waals surface area contributed by atoms with E-state index in [0.29, 0.717) is 16.4 Å². The van der Waals surface area contributed by atoms with E-state index in [1.165, 1.54) is 0 Å². The van der Waals surface area contributed by atoms with Gasteiger partial charge in [0.15, 0.2) is 0 Å². The molecule has 0 bridgehead atoms. The third-order valence-electron chi connectivity index (χ3n) is 2.66. The maximum absolute atomic E-state index is 11.7. The largest absolute Gasteiger partial charge is 0.496 e. The lowest BCUT2D eigenvalue weighted by atomic mass is 10.1. The Hall–Kier alpha value is -1.55. The zero-order chi connectivity index (χ0) is 12.4. The molecule has 0 fully saturated rings. The lowest BCUT2D eigenvalue weighted by Crippen LogP contribution is -1.97. The van der Waals surface area contributed by atoms with Gasteiger partial charge in [0.1, 0.15) is 11.5 Å². The monoisotopic (exact) mass is 250 g/mol.